The fourth-order valence-corrected chi connectivity index (χ4v) is 2.37. The second-order valence-corrected chi connectivity index (χ2v) is 7.00. The maximum atomic E-state index is 12.2. The SMILES string of the molecule is Cc1nn(C)cc1CNCCN(C(=O)OC(C)(C)C)C1CC1. The Morgan fingerprint density at radius 2 is 2.18 bits per heavy atom. The van der Waals surface area contributed by atoms with Gasteiger partial charge in [0.15, 0.2) is 0 Å². The van der Waals surface area contributed by atoms with Crippen LogP contribution in [0.5, 0.6) is 0 Å². The van der Waals surface area contributed by atoms with Crippen molar-refractivity contribution in [1.29, 1.82) is 0 Å². The molecular weight excluding hydrogens is 280 g/mol. The first-order valence-corrected chi connectivity index (χ1v) is 7.96. The molecule has 2 rings (SSSR count). The summed E-state index contributed by atoms with van der Waals surface area (Å²) in [6.45, 7) is 9.92. The number of rotatable bonds is 6. The summed E-state index contributed by atoms with van der Waals surface area (Å²) in [6, 6.07) is 0.358. The van der Waals surface area contributed by atoms with Crippen molar-refractivity contribution in [3.63, 3.8) is 0 Å². The van der Waals surface area contributed by atoms with Crippen molar-refractivity contribution in [3.05, 3.63) is 17.5 Å². The van der Waals surface area contributed by atoms with Gasteiger partial charge in [0.05, 0.1) is 5.69 Å². The van der Waals surface area contributed by atoms with Crippen molar-refractivity contribution in [1.82, 2.24) is 20.0 Å². The zero-order chi connectivity index (χ0) is 16.3. The Kier molecular flexibility index (Phi) is 5.11. The van der Waals surface area contributed by atoms with Crippen molar-refractivity contribution in [2.75, 3.05) is 13.1 Å². The quantitative estimate of drug-likeness (QED) is 0.819. The Morgan fingerprint density at radius 3 is 2.68 bits per heavy atom. The van der Waals surface area contributed by atoms with E-state index in [1.165, 1.54) is 5.56 Å². The average Bonchev–Trinajstić information content (AvgIpc) is 3.14. The molecule has 0 saturated heterocycles. The molecule has 1 saturated carbocycles. The number of amides is 1. The van der Waals surface area contributed by atoms with E-state index in [9.17, 15) is 4.79 Å². The van der Waals surface area contributed by atoms with Crippen LogP contribution in [0.3, 0.4) is 0 Å². The summed E-state index contributed by atoms with van der Waals surface area (Å²) in [4.78, 5) is 14.1. The van der Waals surface area contributed by atoms with Crippen molar-refractivity contribution in [2.24, 2.45) is 7.05 Å². The minimum atomic E-state index is -0.440. The number of nitrogens with zero attached hydrogens (tertiary/aromatic N) is 3. The highest BCUT2D eigenvalue weighted by Crippen LogP contribution is 2.28. The van der Waals surface area contributed by atoms with E-state index in [-0.39, 0.29) is 6.09 Å². The van der Waals surface area contributed by atoms with Crippen LogP contribution < -0.4 is 5.32 Å². The minimum absolute atomic E-state index is 0.200. The van der Waals surface area contributed by atoms with E-state index in [1.54, 1.807) is 0 Å². The molecule has 1 heterocycles. The fourth-order valence-electron chi connectivity index (χ4n) is 2.37. The van der Waals surface area contributed by atoms with Gasteiger partial charge in [-0.15, -0.1) is 0 Å². The van der Waals surface area contributed by atoms with E-state index < -0.39 is 5.60 Å². The first kappa shape index (κ1) is 16.8. The number of hydrogen-bond donors (Lipinski definition) is 1. The number of aromatic nitrogens is 2. The molecule has 0 aromatic carbocycles. The lowest BCUT2D eigenvalue weighted by atomic mass is 10.2. The number of aryl methyl sites for hydroxylation is 2. The predicted molar refractivity (Wildman–Crippen MR) is 85.6 cm³/mol. The maximum Gasteiger partial charge on any atom is 0.410 e. The van der Waals surface area contributed by atoms with Gasteiger partial charge < -0.3 is 15.0 Å². The number of carbonyl (C=O) groups is 1. The summed E-state index contributed by atoms with van der Waals surface area (Å²) in [7, 11) is 1.92. The lowest BCUT2D eigenvalue weighted by molar-refractivity contribution is 0.0236. The molecule has 0 spiro atoms. The van der Waals surface area contributed by atoms with Gasteiger partial charge in [0, 0.05) is 44.5 Å². The van der Waals surface area contributed by atoms with E-state index >= 15 is 0 Å². The third kappa shape index (κ3) is 5.02. The molecule has 0 aliphatic heterocycles. The molecule has 0 bridgehead atoms. The van der Waals surface area contributed by atoms with Crippen LogP contribution in [0.4, 0.5) is 4.79 Å². The Morgan fingerprint density at radius 1 is 1.50 bits per heavy atom. The van der Waals surface area contributed by atoms with E-state index in [0.717, 1.165) is 31.6 Å². The molecule has 1 amide bonds. The number of hydrogen-bond acceptors (Lipinski definition) is 4. The maximum absolute atomic E-state index is 12.2. The smallest absolute Gasteiger partial charge is 0.410 e. The molecule has 1 aromatic rings. The zero-order valence-corrected chi connectivity index (χ0v) is 14.3. The van der Waals surface area contributed by atoms with E-state index in [1.807, 2.05) is 50.5 Å². The molecule has 6 nitrogen and oxygen atoms in total. The fraction of sp³-hybridized carbons (Fsp3) is 0.750. The van der Waals surface area contributed by atoms with Crippen LogP contribution in [0.15, 0.2) is 6.20 Å². The number of nitrogens with one attached hydrogen (secondary N) is 1. The molecule has 22 heavy (non-hydrogen) atoms. The van der Waals surface area contributed by atoms with Gasteiger partial charge in [-0.1, -0.05) is 0 Å². The first-order chi connectivity index (χ1) is 10.3. The Labute approximate surface area is 132 Å². The van der Waals surface area contributed by atoms with Crippen LogP contribution in [-0.4, -0.2) is 45.5 Å². The second-order valence-electron chi connectivity index (χ2n) is 7.00. The summed E-state index contributed by atoms with van der Waals surface area (Å²) < 4.78 is 7.31. The van der Waals surface area contributed by atoms with Crippen LogP contribution in [0, 0.1) is 6.92 Å². The second kappa shape index (κ2) is 6.69. The van der Waals surface area contributed by atoms with E-state index in [2.05, 4.69) is 10.4 Å². The van der Waals surface area contributed by atoms with Gasteiger partial charge in [0.1, 0.15) is 5.60 Å². The van der Waals surface area contributed by atoms with Gasteiger partial charge in [-0.3, -0.25) is 4.68 Å². The van der Waals surface area contributed by atoms with Gasteiger partial charge in [0.2, 0.25) is 0 Å². The molecular formula is C16H28N4O2. The lowest BCUT2D eigenvalue weighted by Crippen LogP contribution is -2.41. The Bertz CT molecular complexity index is 515. The van der Waals surface area contributed by atoms with E-state index in [4.69, 9.17) is 4.74 Å². The third-order valence-electron chi connectivity index (χ3n) is 3.58. The predicted octanol–water partition coefficient (Wildman–Crippen LogP) is 2.22. The van der Waals surface area contributed by atoms with Gasteiger partial charge in [-0.25, -0.2) is 4.79 Å². The van der Waals surface area contributed by atoms with Gasteiger partial charge in [-0.05, 0) is 40.5 Å². The molecule has 0 unspecified atom stereocenters. The summed E-state index contributed by atoms with van der Waals surface area (Å²) in [5.41, 5.74) is 1.80. The summed E-state index contributed by atoms with van der Waals surface area (Å²) in [6.07, 6.45) is 3.99. The summed E-state index contributed by atoms with van der Waals surface area (Å²) in [5, 5.41) is 7.71. The van der Waals surface area contributed by atoms with Crippen molar-refractivity contribution < 1.29 is 9.53 Å². The topological polar surface area (TPSA) is 59.4 Å². The van der Waals surface area contributed by atoms with Gasteiger partial charge in [-0.2, -0.15) is 5.10 Å². The monoisotopic (exact) mass is 308 g/mol. The minimum Gasteiger partial charge on any atom is -0.444 e. The lowest BCUT2D eigenvalue weighted by Gasteiger charge is -2.27. The highest BCUT2D eigenvalue weighted by Gasteiger charge is 2.34. The van der Waals surface area contributed by atoms with E-state index in [0.29, 0.717) is 12.6 Å². The number of ether oxygens (including phenoxy) is 1. The molecule has 1 aliphatic carbocycles. The summed E-state index contributed by atoms with van der Waals surface area (Å²) >= 11 is 0. The van der Waals surface area contributed by atoms with Gasteiger partial charge in [0.25, 0.3) is 0 Å². The Balaban J connectivity index is 1.77. The van der Waals surface area contributed by atoms with Crippen LogP contribution in [0.25, 0.3) is 0 Å². The zero-order valence-electron chi connectivity index (χ0n) is 14.3. The summed E-state index contributed by atoms with van der Waals surface area (Å²) in [5.74, 6) is 0. The largest absolute Gasteiger partial charge is 0.444 e. The average molecular weight is 308 g/mol. The number of carbonyl (C=O) groups excluding carboxylic acids is 1. The van der Waals surface area contributed by atoms with Crippen molar-refractivity contribution >= 4 is 6.09 Å². The molecule has 1 aliphatic rings. The molecule has 0 atom stereocenters. The molecule has 1 fully saturated rings. The van der Waals surface area contributed by atoms with Crippen LogP contribution in [0.2, 0.25) is 0 Å². The van der Waals surface area contributed by atoms with Crippen molar-refractivity contribution in [2.45, 2.75) is 58.7 Å². The highest BCUT2D eigenvalue weighted by molar-refractivity contribution is 5.69. The molecule has 6 heteroatoms. The van der Waals surface area contributed by atoms with Crippen LogP contribution in [-0.2, 0) is 18.3 Å². The molecule has 1 N–H and O–H groups in total. The Hall–Kier alpha value is -1.56. The van der Waals surface area contributed by atoms with Crippen LogP contribution in [0.1, 0.15) is 44.9 Å². The first-order valence-electron chi connectivity index (χ1n) is 7.96. The van der Waals surface area contributed by atoms with Crippen molar-refractivity contribution in [3.8, 4) is 0 Å². The molecule has 0 radical (unpaired) electrons. The van der Waals surface area contributed by atoms with Crippen LogP contribution >= 0.6 is 0 Å². The highest BCUT2D eigenvalue weighted by atomic mass is 16.6. The standard InChI is InChI=1S/C16H28N4O2/c1-12-13(11-19(5)18-12)10-17-8-9-20(14-6-7-14)15(21)22-16(2,3)4/h11,14,17H,6-10H2,1-5H3. The molecule has 124 valence electrons. The third-order valence-corrected chi connectivity index (χ3v) is 3.58. The van der Waals surface area contributed by atoms with Gasteiger partial charge >= 0.3 is 6.09 Å². The normalized spacial score (nSPS) is 15.0. The molecule has 1 aromatic heterocycles.